The highest BCUT2D eigenvalue weighted by atomic mass is 16.5. The van der Waals surface area contributed by atoms with Crippen molar-refractivity contribution in [3.05, 3.63) is 17.5 Å². The van der Waals surface area contributed by atoms with Gasteiger partial charge in [0, 0.05) is 31.4 Å². The highest BCUT2D eigenvalue weighted by molar-refractivity contribution is 5.74. The molecule has 2 N–H and O–H groups in total. The summed E-state index contributed by atoms with van der Waals surface area (Å²) in [6.07, 6.45) is 4.61. The first-order valence-corrected chi connectivity index (χ1v) is 9.21. The van der Waals surface area contributed by atoms with Crippen molar-refractivity contribution < 1.29 is 9.53 Å². The summed E-state index contributed by atoms with van der Waals surface area (Å²) in [6.45, 7) is 10.3. The summed E-state index contributed by atoms with van der Waals surface area (Å²) in [7, 11) is 0. The Morgan fingerprint density at radius 2 is 2.16 bits per heavy atom. The molecule has 0 bridgehead atoms. The van der Waals surface area contributed by atoms with Gasteiger partial charge in [0.25, 0.3) is 0 Å². The Hall–Kier alpha value is -1.89. The van der Waals surface area contributed by atoms with E-state index in [0.29, 0.717) is 19.8 Å². The van der Waals surface area contributed by atoms with Gasteiger partial charge in [0.2, 0.25) is 5.95 Å². The third kappa shape index (κ3) is 4.39. The van der Waals surface area contributed by atoms with Crippen LogP contribution in [0.25, 0.3) is 0 Å². The maximum Gasteiger partial charge on any atom is 0.315 e. The molecule has 2 heterocycles. The monoisotopic (exact) mass is 347 g/mol. The number of hydrogen-bond donors (Lipinski definition) is 2. The third-order valence-corrected chi connectivity index (χ3v) is 4.80. The molecule has 7 heteroatoms. The molecule has 138 valence electrons. The van der Waals surface area contributed by atoms with Crippen molar-refractivity contribution in [2.24, 2.45) is 5.41 Å². The lowest BCUT2D eigenvalue weighted by Gasteiger charge is -2.37. The summed E-state index contributed by atoms with van der Waals surface area (Å²) in [5.41, 5.74) is 2.18. The normalized spacial score (nSPS) is 22.2. The molecule has 25 heavy (non-hydrogen) atoms. The number of carbonyl (C=O) groups is 1. The van der Waals surface area contributed by atoms with Crippen molar-refractivity contribution in [3.63, 3.8) is 0 Å². The van der Waals surface area contributed by atoms with E-state index in [9.17, 15) is 4.79 Å². The average molecular weight is 347 g/mol. The van der Waals surface area contributed by atoms with E-state index in [1.807, 2.05) is 13.1 Å². The molecule has 1 saturated heterocycles. The molecular weight excluding hydrogens is 318 g/mol. The van der Waals surface area contributed by atoms with Crippen LogP contribution in [0.5, 0.6) is 0 Å². The number of amides is 2. The van der Waals surface area contributed by atoms with E-state index in [1.54, 1.807) is 0 Å². The number of nitrogens with one attached hydrogen (secondary N) is 2. The number of urea groups is 1. The van der Waals surface area contributed by atoms with Crippen molar-refractivity contribution in [2.45, 2.75) is 46.1 Å². The van der Waals surface area contributed by atoms with Crippen LogP contribution in [0.1, 0.15) is 50.9 Å². The molecule has 1 aromatic rings. The Labute approximate surface area is 149 Å². The standard InChI is InChI=1S/C18H29N5O2/c1-4-5-19-17(24)22-15-11-18(2,3)10-14-13(15)12-20-16(21-14)23-6-8-25-9-7-23/h12,15H,4-11H2,1-3H3,(H2,19,22,24). The SMILES string of the molecule is CCCNC(=O)NC1CC(C)(C)Cc2nc(N3CCOCC3)ncc21. The maximum absolute atomic E-state index is 12.1. The molecule has 1 fully saturated rings. The van der Waals surface area contributed by atoms with E-state index >= 15 is 0 Å². The van der Waals surface area contributed by atoms with E-state index < -0.39 is 0 Å². The zero-order chi connectivity index (χ0) is 17.9. The van der Waals surface area contributed by atoms with E-state index in [-0.39, 0.29) is 17.5 Å². The zero-order valence-electron chi connectivity index (χ0n) is 15.5. The summed E-state index contributed by atoms with van der Waals surface area (Å²) in [6, 6.07) is -0.165. The van der Waals surface area contributed by atoms with Crippen LogP contribution >= 0.6 is 0 Å². The second-order valence-electron chi connectivity index (χ2n) is 7.67. The fraction of sp³-hybridized carbons (Fsp3) is 0.722. The van der Waals surface area contributed by atoms with Crippen LogP contribution in [-0.2, 0) is 11.2 Å². The molecule has 1 aromatic heterocycles. The van der Waals surface area contributed by atoms with Crippen molar-refractivity contribution in [2.75, 3.05) is 37.7 Å². The number of nitrogens with zero attached hydrogens (tertiary/aromatic N) is 3. The Balaban J connectivity index is 1.80. The third-order valence-electron chi connectivity index (χ3n) is 4.80. The van der Waals surface area contributed by atoms with Gasteiger partial charge < -0.3 is 20.3 Å². The minimum atomic E-state index is -0.118. The van der Waals surface area contributed by atoms with Crippen LogP contribution in [-0.4, -0.2) is 48.8 Å². The first-order chi connectivity index (χ1) is 12.0. The quantitative estimate of drug-likeness (QED) is 0.871. The van der Waals surface area contributed by atoms with Gasteiger partial charge in [-0.15, -0.1) is 0 Å². The molecule has 0 radical (unpaired) electrons. The lowest BCUT2D eigenvalue weighted by Crippen LogP contribution is -2.43. The molecule has 1 atom stereocenters. The molecule has 2 amide bonds. The molecule has 7 nitrogen and oxygen atoms in total. The van der Waals surface area contributed by atoms with E-state index in [2.05, 4.69) is 34.4 Å². The summed E-state index contributed by atoms with van der Waals surface area (Å²) in [5.74, 6) is 0.772. The van der Waals surface area contributed by atoms with Gasteiger partial charge in [0.05, 0.1) is 24.9 Å². The van der Waals surface area contributed by atoms with Crippen LogP contribution in [0.4, 0.5) is 10.7 Å². The topological polar surface area (TPSA) is 79.4 Å². The lowest BCUT2D eigenvalue weighted by molar-refractivity contribution is 0.122. The second kappa shape index (κ2) is 7.56. The van der Waals surface area contributed by atoms with Crippen LogP contribution in [0, 0.1) is 5.41 Å². The number of aromatic nitrogens is 2. The Morgan fingerprint density at radius 1 is 1.40 bits per heavy atom. The van der Waals surface area contributed by atoms with Gasteiger partial charge >= 0.3 is 6.03 Å². The highest BCUT2D eigenvalue weighted by Gasteiger charge is 2.35. The number of morpholine rings is 1. The zero-order valence-corrected chi connectivity index (χ0v) is 15.5. The number of rotatable bonds is 4. The maximum atomic E-state index is 12.1. The van der Waals surface area contributed by atoms with Crippen LogP contribution < -0.4 is 15.5 Å². The van der Waals surface area contributed by atoms with Crippen molar-refractivity contribution in [1.82, 2.24) is 20.6 Å². The molecule has 0 aromatic carbocycles. The van der Waals surface area contributed by atoms with Crippen molar-refractivity contribution in [3.8, 4) is 0 Å². The number of fused-ring (bicyclic) bond motifs is 1. The molecule has 3 rings (SSSR count). The van der Waals surface area contributed by atoms with E-state index in [1.165, 1.54) is 0 Å². The summed E-state index contributed by atoms with van der Waals surface area (Å²) in [4.78, 5) is 23.7. The summed E-state index contributed by atoms with van der Waals surface area (Å²) in [5, 5.41) is 5.99. The van der Waals surface area contributed by atoms with E-state index in [4.69, 9.17) is 9.72 Å². The van der Waals surface area contributed by atoms with Crippen molar-refractivity contribution in [1.29, 1.82) is 0 Å². The van der Waals surface area contributed by atoms with Gasteiger partial charge in [-0.2, -0.15) is 0 Å². The summed E-state index contributed by atoms with van der Waals surface area (Å²) < 4.78 is 5.41. The molecule has 1 aliphatic carbocycles. The first-order valence-electron chi connectivity index (χ1n) is 9.21. The van der Waals surface area contributed by atoms with Gasteiger partial charge in [0.1, 0.15) is 0 Å². The fourth-order valence-electron chi connectivity index (χ4n) is 3.53. The Kier molecular flexibility index (Phi) is 5.42. The fourth-order valence-corrected chi connectivity index (χ4v) is 3.53. The highest BCUT2D eigenvalue weighted by Crippen LogP contribution is 2.40. The smallest absolute Gasteiger partial charge is 0.315 e. The number of carbonyl (C=O) groups excluding carboxylic acids is 1. The molecule has 1 aliphatic heterocycles. The second-order valence-corrected chi connectivity index (χ2v) is 7.67. The molecular formula is C18H29N5O2. The number of ether oxygens (including phenoxy) is 1. The first kappa shape index (κ1) is 17.9. The Morgan fingerprint density at radius 3 is 2.88 bits per heavy atom. The Bertz CT molecular complexity index is 613. The minimum Gasteiger partial charge on any atom is -0.378 e. The van der Waals surface area contributed by atoms with Crippen LogP contribution in [0.15, 0.2) is 6.20 Å². The number of hydrogen-bond acceptors (Lipinski definition) is 5. The largest absolute Gasteiger partial charge is 0.378 e. The summed E-state index contributed by atoms with van der Waals surface area (Å²) >= 11 is 0. The van der Waals surface area contributed by atoms with E-state index in [0.717, 1.165) is 49.6 Å². The van der Waals surface area contributed by atoms with Gasteiger partial charge in [-0.05, 0) is 24.7 Å². The van der Waals surface area contributed by atoms with Crippen LogP contribution in [0.2, 0.25) is 0 Å². The number of anilines is 1. The predicted molar refractivity (Wildman–Crippen MR) is 96.7 cm³/mol. The molecule has 2 aliphatic rings. The van der Waals surface area contributed by atoms with Gasteiger partial charge in [-0.25, -0.2) is 14.8 Å². The van der Waals surface area contributed by atoms with Gasteiger partial charge in [-0.3, -0.25) is 0 Å². The predicted octanol–water partition coefficient (Wildman–Crippen LogP) is 2.04. The molecule has 0 spiro atoms. The molecule has 1 unspecified atom stereocenters. The van der Waals surface area contributed by atoms with Gasteiger partial charge in [-0.1, -0.05) is 20.8 Å². The average Bonchev–Trinajstić information content (AvgIpc) is 2.59. The molecule has 0 saturated carbocycles. The lowest BCUT2D eigenvalue weighted by atomic mass is 9.74. The van der Waals surface area contributed by atoms with Crippen LogP contribution in [0.3, 0.4) is 0 Å². The van der Waals surface area contributed by atoms with Crippen molar-refractivity contribution >= 4 is 12.0 Å². The minimum absolute atomic E-state index is 0.0469. The van der Waals surface area contributed by atoms with Gasteiger partial charge in [0.15, 0.2) is 0 Å².